The summed E-state index contributed by atoms with van der Waals surface area (Å²) in [6.07, 6.45) is 0. The molecule has 1 amide bonds. The molecule has 0 bridgehead atoms. The van der Waals surface area contributed by atoms with Crippen LogP contribution >= 0.6 is 35.0 Å². The van der Waals surface area contributed by atoms with Gasteiger partial charge in [-0.25, -0.2) is 0 Å². The number of carbonyl (C=O) groups is 1. The molecule has 0 saturated heterocycles. The first-order chi connectivity index (χ1) is 14.0. The van der Waals surface area contributed by atoms with Crippen molar-refractivity contribution in [2.75, 3.05) is 11.1 Å². The Morgan fingerprint density at radius 1 is 1.21 bits per heavy atom. The van der Waals surface area contributed by atoms with E-state index in [4.69, 9.17) is 27.9 Å². The van der Waals surface area contributed by atoms with E-state index in [1.807, 2.05) is 42.7 Å². The summed E-state index contributed by atoms with van der Waals surface area (Å²) < 4.78 is 7.75. The molecule has 0 spiro atoms. The fourth-order valence-corrected chi connectivity index (χ4v) is 3.77. The maximum absolute atomic E-state index is 12.3. The van der Waals surface area contributed by atoms with Crippen LogP contribution in [0, 0.1) is 6.92 Å². The van der Waals surface area contributed by atoms with Crippen LogP contribution in [0.15, 0.2) is 47.6 Å². The highest BCUT2D eigenvalue weighted by Gasteiger charge is 2.14. The molecule has 0 saturated carbocycles. The Hall–Kier alpha value is -2.22. The summed E-state index contributed by atoms with van der Waals surface area (Å²) >= 11 is 13.3. The van der Waals surface area contributed by atoms with Gasteiger partial charge < -0.3 is 14.6 Å². The van der Waals surface area contributed by atoms with E-state index in [0.29, 0.717) is 39.9 Å². The highest BCUT2D eigenvalue weighted by Crippen LogP contribution is 2.26. The van der Waals surface area contributed by atoms with Crippen LogP contribution in [0.5, 0.6) is 5.75 Å². The largest absolute Gasteiger partial charge is 0.486 e. The van der Waals surface area contributed by atoms with Crippen LogP contribution < -0.4 is 10.1 Å². The minimum atomic E-state index is -0.206. The second kappa shape index (κ2) is 10.0. The Labute approximate surface area is 183 Å². The van der Waals surface area contributed by atoms with Crippen molar-refractivity contribution in [2.24, 2.45) is 0 Å². The number of hydrogen-bond donors (Lipinski definition) is 1. The van der Waals surface area contributed by atoms with Gasteiger partial charge >= 0.3 is 0 Å². The third kappa shape index (κ3) is 5.88. The molecule has 0 aliphatic rings. The Balaban J connectivity index is 1.59. The molecule has 0 atom stereocenters. The number of anilines is 1. The zero-order valence-electron chi connectivity index (χ0n) is 16.0. The van der Waals surface area contributed by atoms with Gasteiger partial charge in [-0.2, -0.15) is 0 Å². The summed E-state index contributed by atoms with van der Waals surface area (Å²) in [7, 11) is 0. The molecule has 0 fully saturated rings. The lowest BCUT2D eigenvalue weighted by Gasteiger charge is -2.10. The van der Waals surface area contributed by atoms with Crippen molar-refractivity contribution >= 4 is 46.6 Å². The SMILES string of the molecule is CCn1c(COc2cccc(C)c2)nnc1SCC(=O)Nc1cc(Cl)ccc1Cl. The number of nitrogens with one attached hydrogen (secondary N) is 1. The van der Waals surface area contributed by atoms with Crippen molar-refractivity contribution in [1.82, 2.24) is 14.8 Å². The Morgan fingerprint density at radius 2 is 2.03 bits per heavy atom. The van der Waals surface area contributed by atoms with E-state index in [-0.39, 0.29) is 11.7 Å². The van der Waals surface area contributed by atoms with Crippen LogP contribution in [-0.2, 0) is 17.9 Å². The Kier molecular flexibility index (Phi) is 7.41. The van der Waals surface area contributed by atoms with Crippen molar-refractivity contribution < 1.29 is 9.53 Å². The summed E-state index contributed by atoms with van der Waals surface area (Å²) in [4.78, 5) is 12.3. The summed E-state index contributed by atoms with van der Waals surface area (Å²) in [6, 6.07) is 12.7. The molecular formula is C20H20Cl2N4O2S. The van der Waals surface area contributed by atoms with E-state index in [0.717, 1.165) is 11.3 Å². The van der Waals surface area contributed by atoms with Gasteiger partial charge in [0.15, 0.2) is 11.0 Å². The van der Waals surface area contributed by atoms with Crippen molar-refractivity contribution in [2.45, 2.75) is 32.2 Å². The van der Waals surface area contributed by atoms with Gasteiger partial charge in [-0.1, -0.05) is 47.1 Å². The number of ether oxygens (including phenoxy) is 1. The second-order valence-electron chi connectivity index (χ2n) is 6.21. The molecular weight excluding hydrogens is 431 g/mol. The smallest absolute Gasteiger partial charge is 0.234 e. The first-order valence-electron chi connectivity index (χ1n) is 8.95. The molecule has 0 radical (unpaired) electrons. The molecule has 1 heterocycles. The maximum atomic E-state index is 12.3. The molecule has 6 nitrogen and oxygen atoms in total. The lowest BCUT2D eigenvalue weighted by atomic mass is 10.2. The van der Waals surface area contributed by atoms with Gasteiger partial charge in [-0.15, -0.1) is 10.2 Å². The molecule has 9 heteroatoms. The molecule has 0 unspecified atom stereocenters. The Morgan fingerprint density at radius 3 is 2.79 bits per heavy atom. The number of amides is 1. The third-order valence-corrected chi connectivity index (χ3v) is 5.53. The van der Waals surface area contributed by atoms with Crippen LogP contribution in [0.1, 0.15) is 18.3 Å². The van der Waals surface area contributed by atoms with E-state index < -0.39 is 0 Å². The lowest BCUT2D eigenvalue weighted by molar-refractivity contribution is -0.113. The zero-order valence-corrected chi connectivity index (χ0v) is 18.3. The standard InChI is InChI=1S/C20H20Cl2N4O2S/c1-3-26-18(11-28-15-6-4-5-13(2)9-15)24-25-20(26)29-12-19(27)23-17-10-14(21)7-8-16(17)22/h4-10H,3,11-12H2,1-2H3,(H,23,27). The van der Waals surface area contributed by atoms with Gasteiger partial charge in [-0.3, -0.25) is 4.79 Å². The number of aromatic nitrogens is 3. The van der Waals surface area contributed by atoms with E-state index >= 15 is 0 Å². The minimum Gasteiger partial charge on any atom is -0.486 e. The van der Waals surface area contributed by atoms with Crippen LogP contribution in [0.2, 0.25) is 10.0 Å². The van der Waals surface area contributed by atoms with Gasteiger partial charge in [0.25, 0.3) is 0 Å². The first kappa shape index (κ1) is 21.5. The number of benzene rings is 2. The molecule has 2 aromatic carbocycles. The van der Waals surface area contributed by atoms with Gasteiger partial charge in [-0.05, 0) is 49.7 Å². The number of carbonyl (C=O) groups excluding carboxylic acids is 1. The van der Waals surface area contributed by atoms with E-state index in [2.05, 4.69) is 15.5 Å². The van der Waals surface area contributed by atoms with Crippen molar-refractivity contribution in [3.05, 3.63) is 63.9 Å². The maximum Gasteiger partial charge on any atom is 0.234 e. The van der Waals surface area contributed by atoms with Crippen LogP contribution in [0.4, 0.5) is 5.69 Å². The average Bonchev–Trinajstić information content (AvgIpc) is 3.09. The number of rotatable bonds is 8. The van der Waals surface area contributed by atoms with E-state index in [9.17, 15) is 4.79 Å². The highest BCUT2D eigenvalue weighted by molar-refractivity contribution is 7.99. The lowest BCUT2D eigenvalue weighted by Crippen LogP contribution is -2.15. The highest BCUT2D eigenvalue weighted by atomic mass is 35.5. The van der Waals surface area contributed by atoms with Gasteiger partial charge in [0.05, 0.1) is 16.5 Å². The summed E-state index contributed by atoms with van der Waals surface area (Å²) in [5.74, 6) is 1.44. The topological polar surface area (TPSA) is 69.0 Å². The van der Waals surface area contributed by atoms with Crippen LogP contribution in [0.25, 0.3) is 0 Å². The predicted octanol–water partition coefficient (Wildman–Crippen LogP) is 5.22. The monoisotopic (exact) mass is 450 g/mol. The minimum absolute atomic E-state index is 0.166. The number of hydrogen-bond acceptors (Lipinski definition) is 5. The number of thioether (sulfide) groups is 1. The number of aryl methyl sites for hydroxylation is 1. The number of halogens is 2. The first-order valence-corrected chi connectivity index (χ1v) is 10.7. The van der Waals surface area contributed by atoms with E-state index in [1.165, 1.54) is 11.8 Å². The van der Waals surface area contributed by atoms with Crippen LogP contribution in [-0.4, -0.2) is 26.4 Å². The van der Waals surface area contributed by atoms with Crippen molar-refractivity contribution in [1.29, 1.82) is 0 Å². The molecule has 0 aliphatic carbocycles. The van der Waals surface area contributed by atoms with Gasteiger partial charge in [0.1, 0.15) is 12.4 Å². The van der Waals surface area contributed by atoms with Gasteiger partial charge in [0, 0.05) is 11.6 Å². The van der Waals surface area contributed by atoms with Crippen molar-refractivity contribution in [3.63, 3.8) is 0 Å². The van der Waals surface area contributed by atoms with Crippen LogP contribution in [0.3, 0.4) is 0 Å². The summed E-state index contributed by atoms with van der Waals surface area (Å²) in [6.45, 7) is 4.98. The predicted molar refractivity (Wildman–Crippen MR) is 117 cm³/mol. The molecule has 0 aliphatic heterocycles. The fraction of sp³-hybridized carbons (Fsp3) is 0.250. The third-order valence-electron chi connectivity index (χ3n) is 4.00. The Bertz CT molecular complexity index is 1010. The summed E-state index contributed by atoms with van der Waals surface area (Å²) in [5.41, 5.74) is 1.61. The molecule has 1 N–H and O–H groups in total. The summed E-state index contributed by atoms with van der Waals surface area (Å²) in [5, 5.41) is 12.8. The fourth-order valence-electron chi connectivity index (χ4n) is 2.61. The second-order valence-corrected chi connectivity index (χ2v) is 8.00. The zero-order chi connectivity index (χ0) is 20.8. The molecule has 3 aromatic rings. The van der Waals surface area contributed by atoms with Crippen molar-refractivity contribution in [3.8, 4) is 5.75 Å². The molecule has 3 rings (SSSR count). The molecule has 152 valence electrons. The molecule has 1 aromatic heterocycles. The number of nitrogens with zero attached hydrogens (tertiary/aromatic N) is 3. The quantitative estimate of drug-likeness (QED) is 0.476. The van der Waals surface area contributed by atoms with Gasteiger partial charge in [0.2, 0.25) is 5.91 Å². The van der Waals surface area contributed by atoms with E-state index in [1.54, 1.807) is 18.2 Å². The molecule has 29 heavy (non-hydrogen) atoms. The normalized spacial score (nSPS) is 10.8. The average molecular weight is 451 g/mol.